The lowest BCUT2D eigenvalue weighted by molar-refractivity contribution is -0.137. The highest BCUT2D eigenvalue weighted by Crippen LogP contribution is 2.31. The molecule has 9 heteroatoms. The second-order valence-electron chi connectivity index (χ2n) is 5.26. The monoisotopic (exact) mass is 362 g/mol. The first-order valence-electron chi connectivity index (χ1n) is 7.40. The van der Waals surface area contributed by atoms with Crippen molar-refractivity contribution in [1.82, 2.24) is 14.5 Å². The molecular formula is C17H13F3N4O2. The number of halogens is 3. The number of amides is 1. The Balaban J connectivity index is 1.97. The SMILES string of the molecule is COc1cncc(NC(=O)c2cc(-n3cccc3)cc(C(F)(F)F)c2)n1. The van der Waals surface area contributed by atoms with Crippen molar-refractivity contribution < 1.29 is 22.7 Å². The summed E-state index contributed by atoms with van der Waals surface area (Å²) in [6.07, 6.45) is 1.19. The summed E-state index contributed by atoms with van der Waals surface area (Å²) in [6, 6.07) is 6.47. The second-order valence-corrected chi connectivity index (χ2v) is 5.26. The van der Waals surface area contributed by atoms with Crippen LogP contribution in [0.3, 0.4) is 0 Å². The molecule has 0 aliphatic carbocycles. The summed E-state index contributed by atoms with van der Waals surface area (Å²) in [5.41, 5.74) is -0.870. The van der Waals surface area contributed by atoms with Gasteiger partial charge in [0, 0.05) is 23.6 Å². The van der Waals surface area contributed by atoms with Crippen LogP contribution < -0.4 is 10.1 Å². The molecule has 0 fully saturated rings. The molecule has 0 saturated heterocycles. The van der Waals surface area contributed by atoms with Gasteiger partial charge in [0.05, 0.1) is 25.1 Å². The van der Waals surface area contributed by atoms with Crippen molar-refractivity contribution in [3.63, 3.8) is 0 Å². The van der Waals surface area contributed by atoms with Crippen LogP contribution in [0.4, 0.5) is 19.0 Å². The van der Waals surface area contributed by atoms with Crippen molar-refractivity contribution in [2.75, 3.05) is 12.4 Å². The Bertz CT molecular complexity index is 924. The smallest absolute Gasteiger partial charge is 0.416 e. The molecule has 0 spiro atoms. The lowest BCUT2D eigenvalue weighted by Gasteiger charge is -2.13. The molecule has 134 valence electrons. The van der Waals surface area contributed by atoms with E-state index in [1.54, 1.807) is 24.5 Å². The molecule has 0 unspecified atom stereocenters. The first-order valence-corrected chi connectivity index (χ1v) is 7.40. The van der Waals surface area contributed by atoms with E-state index in [1.807, 2.05) is 0 Å². The number of hydrogen-bond acceptors (Lipinski definition) is 4. The standard InChI is InChI=1S/C17H13F3N4O2/c1-26-15-10-21-9-14(22-15)23-16(25)11-6-12(17(18,19)20)8-13(7-11)24-4-2-3-5-24/h2-10H,1H3,(H,22,23,25). The molecule has 0 atom stereocenters. The Kier molecular flexibility index (Phi) is 4.61. The number of rotatable bonds is 4. The summed E-state index contributed by atoms with van der Waals surface area (Å²) in [6.45, 7) is 0. The zero-order valence-electron chi connectivity index (χ0n) is 13.5. The Hall–Kier alpha value is -3.36. The van der Waals surface area contributed by atoms with Crippen molar-refractivity contribution in [2.45, 2.75) is 6.18 Å². The maximum Gasteiger partial charge on any atom is 0.416 e. The van der Waals surface area contributed by atoms with Crippen LogP contribution in [0.5, 0.6) is 5.88 Å². The van der Waals surface area contributed by atoms with Gasteiger partial charge in [0.2, 0.25) is 5.88 Å². The number of aromatic nitrogens is 3. The Morgan fingerprint density at radius 1 is 1.15 bits per heavy atom. The lowest BCUT2D eigenvalue weighted by atomic mass is 10.1. The summed E-state index contributed by atoms with van der Waals surface area (Å²) < 4.78 is 46.0. The maximum atomic E-state index is 13.2. The predicted molar refractivity (Wildman–Crippen MR) is 87.3 cm³/mol. The molecule has 0 aliphatic heterocycles. The number of carbonyl (C=O) groups is 1. The van der Waals surface area contributed by atoms with Crippen molar-refractivity contribution in [3.8, 4) is 11.6 Å². The zero-order valence-corrected chi connectivity index (χ0v) is 13.5. The molecule has 3 rings (SSSR count). The molecule has 1 N–H and O–H groups in total. The third kappa shape index (κ3) is 3.82. The number of carbonyl (C=O) groups excluding carboxylic acids is 1. The van der Waals surface area contributed by atoms with Crippen LogP contribution in [0.1, 0.15) is 15.9 Å². The van der Waals surface area contributed by atoms with E-state index in [4.69, 9.17) is 4.74 Å². The third-order valence-electron chi connectivity index (χ3n) is 3.47. The van der Waals surface area contributed by atoms with Gasteiger partial charge in [-0.3, -0.25) is 9.78 Å². The van der Waals surface area contributed by atoms with Gasteiger partial charge in [-0.2, -0.15) is 18.2 Å². The molecule has 1 aromatic carbocycles. The summed E-state index contributed by atoms with van der Waals surface area (Å²) in [5, 5.41) is 2.41. The Morgan fingerprint density at radius 3 is 2.54 bits per heavy atom. The van der Waals surface area contributed by atoms with Gasteiger partial charge in [-0.25, -0.2) is 0 Å². The number of nitrogens with zero attached hydrogens (tertiary/aromatic N) is 3. The van der Waals surface area contributed by atoms with Crippen LogP contribution in [-0.2, 0) is 6.18 Å². The van der Waals surface area contributed by atoms with Gasteiger partial charge in [0.25, 0.3) is 5.91 Å². The maximum absolute atomic E-state index is 13.2. The molecule has 1 amide bonds. The summed E-state index contributed by atoms with van der Waals surface area (Å²) in [5.74, 6) is -0.513. The van der Waals surface area contributed by atoms with E-state index in [9.17, 15) is 18.0 Å². The van der Waals surface area contributed by atoms with E-state index in [0.717, 1.165) is 12.1 Å². The minimum Gasteiger partial charge on any atom is -0.480 e. The van der Waals surface area contributed by atoms with Crippen molar-refractivity contribution in [2.24, 2.45) is 0 Å². The fraction of sp³-hybridized carbons (Fsp3) is 0.118. The minimum absolute atomic E-state index is 0.0641. The number of benzene rings is 1. The molecule has 0 bridgehead atoms. The first-order chi connectivity index (χ1) is 12.4. The van der Waals surface area contributed by atoms with E-state index >= 15 is 0 Å². The fourth-order valence-corrected chi connectivity index (χ4v) is 2.26. The number of anilines is 1. The molecular weight excluding hydrogens is 349 g/mol. The first kappa shape index (κ1) is 17.5. The quantitative estimate of drug-likeness (QED) is 0.771. The minimum atomic E-state index is -4.59. The largest absolute Gasteiger partial charge is 0.480 e. The van der Waals surface area contributed by atoms with Gasteiger partial charge >= 0.3 is 6.18 Å². The van der Waals surface area contributed by atoms with Gasteiger partial charge in [0.1, 0.15) is 0 Å². The Labute approximate surface area is 146 Å². The average molecular weight is 362 g/mol. The highest BCUT2D eigenvalue weighted by molar-refractivity contribution is 6.04. The van der Waals surface area contributed by atoms with Gasteiger partial charge in [0.15, 0.2) is 5.82 Å². The predicted octanol–water partition coefficient (Wildman–Crippen LogP) is 3.55. The molecule has 2 heterocycles. The van der Waals surface area contributed by atoms with Gasteiger partial charge < -0.3 is 14.6 Å². The molecule has 2 aromatic heterocycles. The molecule has 6 nitrogen and oxygen atoms in total. The van der Waals surface area contributed by atoms with E-state index in [1.165, 1.54) is 30.1 Å². The highest BCUT2D eigenvalue weighted by Gasteiger charge is 2.32. The molecule has 0 radical (unpaired) electrons. The van der Waals surface area contributed by atoms with Crippen molar-refractivity contribution in [1.29, 1.82) is 0 Å². The molecule has 26 heavy (non-hydrogen) atoms. The van der Waals surface area contributed by atoms with Gasteiger partial charge in [-0.05, 0) is 30.3 Å². The number of ether oxygens (including phenoxy) is 1. The van der Waals surface area contributed by atoms with Crippen LogP contribution in [0, 0.1) is 0 Å². The van der Waals surface area contributed by atoms with E-state index in [-0.39, 0.29) is 22.9 Å². The summed E-state index contributed by atoms with van der Waals surface area (Å²) in [4.78, 5) is 20.2. The summed E-state index contributed by atoms with van der Waals surface area (Å²) in [7, 11) is 1.38. The van der Waals surface area contributed by atoms with Crippen LogP contribution in [0.2, 0.25) is 0 Å². The highest BCUT2D eigenvalue weighted by atomic mass is 19.4. The van der Waals surface area contributed by atoms with E-state index in [2.05, 4.69) is 15.3 Å². The fourth-order valence-electron chi connectivity index (χ4n) is 2.26. The number of alkyl halides is 3. The van der Waals surface area contributed by atoms with Gasteiger partial charge in [-0.1, -0.05) is 0 Å². The van der Waals surface area contributed by atoms with E-state index in [0.29, 0.717) is 0 Å². The Morgan fingerprint density at radius 2 is 1.88 bits per heavy atom. The number of nitrogens with one attached hydrogen (secondary N) is 1. The van der Waals surface area contributed by atoms with Crippen LogP contribution in [0.15, 0.2) is 55.1 Å². The van der Waals surface area contributed by atoms with Crippen molar-refractivity contribution >= 4 is 11.7 Å². The molecule has 3 aromatic rings. The average Bonchev–Trinajstić information content (AvgIpc) is 3.15. The molecule has 0 aliphatic rings. The van der Waals surface area contributed by atoms with Crippen LogP contribution >= 0.6 is 0 Å². The van der Waals surface area contributed by atoms with Crippen LogP contribution in [-0.4, -0.2) is 27.6 Å². The normalized spacial score (nSPS) is 11.2. The van der Waals surface area contributed by atoms with E-state index < -0.39 is 17.6 Å². The third-order valence-corrected chi connectivity index (χ3v) is 3.47. The number of methoxy groups -OCH3 is 1. The topological polar surface area (TPSA) is 69.0 Å². The number of hydrogen-bond donors (Lipinski definition) is 1. The van der Waals surface area contributed by atoms with Crippen molar-refractivity contribution in [3.05, 3.63) is 66.2 Å². The second kappa shape index (κ2) is 6.87. The van der Waals surface area contributed by atoms with Crippen LogP contribution in [0.25, 0.3) is 5.69 Å². The summed E-state index contributed by atoms with van der Waals surface area (Å²) >= 11 is 0. The lowest BCUT2D eigenvalue weighted by Crippen LogP contribution is -2.16. The van der Waals surface area contributed by atoms with Gasteiger partial charge in [-0.15, -0.1) is 0 Å². The molecule has 0 saturated carbocycles. The zero-order chi connectivity index (χ0) is 18.7.